The van der Waals surface area contributed by atoms with Crippen LogP contribution in [0.5, 0.6) is 0 Å². The number of aryl methyl sites for hydroxylation is 1. The van der Waals surface area contributed by atoms with Gasteiger partial charge >= 0.3 is 0 Å². The minimum absolute atomic E-state index is 0.00401. The van der Waals surface area contributed by atoms with Gasteiger partial charge < -0.3 is 14.7 Å². The predicted molar refractivity (Wildman–Crippen MR) is 107 cm³/mol. The van der Waals surface area contributed by atoms with Gasteiger partial charge in [0, 0.05) is 31.9 Å². The highest BCUT2D eigenvalue weighted by Gasteiger charge is 2.47. The van der Waals surface area contributed by atoms with E-state index in [1.165, 1.54) is 17.9 Å². The molecule has 1 saturated heterocycles. The molecule has 3 aromatic rings. The van der Waals surface area contributed by atoms with Crippen molar-refractivity contribution in [3.05, 3.63) is 48.1 Å². The van der Waals surface area contributed by atoms with E-state index >= 15 is 0 Å². The Morgan fingerprint density at radius 2 is 2.06 bits per heavy atom. The molecule has 10 nitrogen and oxygen atoms in total. The molecule has 0 spiro atoms. The van der Waals surface area contributed by atoms with Crippen molar-refractivity contribution < 1.29 is 22.9 Å². The molecule has 1 aromatic carbocycles. The molecule has 3 heterocycles. The second-order valence-electron chi connectivity index (χ2n) is 7.52. The Balaban J connectivity index is 1.39. The highest BCUT2D eigenvalue weighted by molar-refractivity contribution is 5.91. The SMILES string of the molecule is CNC(=O)c1cn(C[C@@H]2CC(F)(F)CN2C(=O)CCc2nc(-c3ccccc3)no2)nn1. The molecule has 0 unspecified atom stereocenters. The van der Waals surface area contributed by atoms with Crippen molar-refractivity contribution in [2.24, 2.45) is 0 Å². The normalized spacial score (nSPS) is 17.5. The van der Waals surface area contributed by atoms with Gasteiger partial charge in [-0.2, -0.15) is 4.98 Å². The summed E-state index contributed by atoms with van der Waals surface area (Å²) < 4.78 is 34.7. The highest BCUT2D eigenvalue weighted by Crippen LogP contribution is 2.33. The Bertz CT molecular complexity index is 1100. The predicted octanol–water partition coefficient (Wildman–Crippen LogP) is 1.56. The first-order valence-corrected chi connectivity index (χ1v) is 10.0. The second kappa shape index (κ2) is 8.81. The summed E-state index contributed by atoms with van der Waals surface area (Å²) in [4.78, 5) is 29.8. The van der Waals surface area contributed by atoms with Crippen molar-refractivity contribution in [2.75, 3.05) is 13.6 Å². The third kappa shape index (κ3) is 4.79. The minimum atomic E-state index is -3.00. The second-order valence-corrected chi connectivity index (χ2v) is 7.52. The molecule has 0 radical (unpaired) electrons. The number of carbonyl (C=O) groups is 2. The standard InChI is InChI=1S/C20H21F2N7O3/c1-23-19(31)15-11-28(27-25-15)10-14-9-20(21,22)12-29(14)17(30)8-7-16-24-18(26-32-16)13-5-3-2-4-6-13/h2-6,11,14H,7-10,12H2,1H3,(H,23,31)/t14-/m0/s1. The van der Waals surface area contributed by atoms with Crippen molar-refractivity contribution in [3.8, 4) is 11.4 Å². The van der Waals surface area contributed by atoms with E-state index in [2.05, 4.69) is 25.8 Å². The lowest BCUT2D eigenvalue weighted by molar-refractivity contribution is -0.133. The number of amides is 2. The number of carbonyl (C=O) groups excluding carboxylic acids is 2. The topological polar surface area (TPSA) is 119 Å². The van der Waals surface area contributed by atoms with E-state index in [1.54, 1.807) is 0 Å². The van der Waals surface area contributed by atoms with Crippen molar-refractivity contribution in [1.82, 2.24) is 35.4 Å². The summed E-state index contributed by atoms with van der Waals surface area (Å²) in [6.07, 6.45) is 0.954. The smallest absolute Gasteiger partial charge is 0.273 e. The molecule has 32 heavy (non-hydrogen) atoms. The maximum absolute atomic E-state index is 14.1. The van der Waals surface area contributed by atoms with Crippen LogP contribution in [0.4, 0.5) is 8.78 Å². The van der Waals surface area contributed by atoms with Crippen LogP contribution in [0.1, 0.15) is 29.2 Å². The average molecular weight is 445 g/mol. The van der Waals surface area contributed by atoms with Crippen LogP contribution in [0, 0.1) is 0 Å². The van der Waals surface area contributed by atoms with Crippen LogP contribution in [-0.4, -0.2) is 67.4 Å². The van der Waals surface area contributed by atoms with E-state index < -0.39 is 36.7 Å². The van der Waals surface area contributed by atoms with Gasteiger partial charge in [0.25, 0.3) is 11.8 Å². The monoisotopic (exact) mass is 445 g/mol. The van der Waals surface area contributed by atoms with Gasteiger partial charge in [-0.3, -0.25) is 9.59 Å². The fourth-order valence-electron chi connectivity index (χ4n) is 3.61. The maximum atomic E-state index is 14.1. The summed E-state index contributed by atoms with van der Waals surface area (Å²) >= 11 is 0. The highest BCUT2D eigenvalue weighted by atomic mass is 19.3. The van der Waals surface area contributed by atoms with E-state index in [-0.39, 0.29) is 31.0 Å². The zero-order valence-electron chi connectivity index (χ0n) is 17.2. The van der Waals surface area contributed by atoms with Crippen LogP contribution in [0.25, 0.3) is 11.4 Å². The molecule has 2 aromatic heterocycles. The molecule has 0 saturated carbocycles. The molecular formula is C20H21F2N7O3. The number of hydrogen-bond acceptors (Lipinski definition) is 7. The molecule has 1 N–H and O–H groups in total. The summed E-state index contributed by atoms with van der Waals surface area (Å²) in [6, 6.07) is 8.43. The first kappa shape index (κ1) is 21.5. The average Bonchev–Trinajstić information content (AvgIpc) is 3.51. The van der Waals surface area contributed by atoms with Crippen molar-refractivity contribution in [2.45, 2.75) is 37.8 Å². The fraction of sp³-hybridized carbons (Fsp3) is 0.400. The number of nitrogens with one attached hydrogen (secondary N) is 1. The molecule has 0 bridgehead atoms. The number of likely N-dealkylation sites (tertiary alicyclic amines) is 1. The number of rotatable bonds is 7. The first-order chi connectivity index (χ1) is 15.3. The van der Waals surface area contributed by atoms with Crippen LogP contribution in [-0.2, 0) is 17.8 Å². The van der Waals surface area contributed by atoms with Crippen LogP contribution in [0.15, 0.2) is 41.1 Å². The van der Waals surface area contributed by atoms with Gasteiger partial charge in [0.05, 0.1) is 25.3 Å². The molecule has 2 amide bonds. The Morgan fingerprint density at radius 1 is 1.28 bits per heavy atom. The fourth-order valence-corrected chi connectivity index (χ4v) is 3.61. The molecule has 1 aliphatic heterocycles. The van der Waals surface area contributed by atoms with Crippen molar-refractivity contribution in [3.63, 3.8) is 0 Å². The number of aromatic nitrogens is 5. The number of halogens is 2. The molecule has 1 fully saturated rings. The van der Waals surface area contributed by atoms with Gasteiger partial charge in [0.2, 0.25) is 17.6 Å². The molecule has 168 valence electrons. The molecule has 12 heteroatoms. The molecular weight excluding hydrogens is 424 g/mol. The summed E-state index contributed by atoms with van der Waals surface area (Å²) in [7, 11) is 1.45. The third-order valence-electron chi connectivity index (χ3n) is 5.15. The Hall–Kier alpha value is -3.70. The van der Waals surface area contributed by atoms with Crippen LogP contribution < -0.4 is 5.32 Å². The number of benzene rings is 1. The van der Waals surface area contributed by atoms with Gasteiger partial charge in [0.1, 0.15) is 0 Å². The Labute approximate surface area is 181 Å². The van der Waals surface area contributed by atoms with Gasteiger partial charge in [-0.05, 0) is 0 Å². The van der Waals surface area contributed by atoms with Crippen LogP contribution in [0.2, 0.25) is 0 Å². The lowest BCUT2D eigenvalue weighted by Gasteiger charge is -2.23. The van der Waals surface area contributed by atoms with E-state index in [9.17, 15) is 18.4 Å². The number of hydrogen-bond donors (Lipinski definition) is 1. The largest absolute Gasteiger partial charge is 0.354 e. The van der Waals surface area contributed by atoms with Gasteiger partial charge in [-0.25, -0.2) is 13.5 Å². The zero-order valence-corrected chi connectivity index (χ0v) is 17.2. The first-order valence-electron chi connectivity index (χ1n) is 10.0. The molecule has 4 rings (SSSR count). The maximum Gasteiger partial charge on any atom is 0.273 e. The van der Waals surface area contributed by atoms with Crippen molar-refractivity contribution in [1.29, 1.82) is 0 Å². The zero-order chi connectivity index (χ0) is 22.7. The quantitative estimate of drug-likeness (QED) is 0.586. The molecule has 1 atom stereocenters. The summed E-state index contributed by atoms with van der Waals surface area (Å²) in [5, 5.41) is 13.8. The van der Waals surface area contributed by atoms with Gasteiger partial charge in [0.15, 0.2) is 5.69 Å². The Kier molecular flexibility index (Phi) is 5.93. The lowest BCUT2D eigenvalue weighted by atomic mass is 10.2. The summed E-state index contributed by atoms with van der Waals surface area (Å²) in [6.45, 7) is -0.670. The van der Waals surface area contributed by atoms with Gasteiger partial charge in [-0.15, -0.1) is 5.10 Å². The number of alkyl halides is 2. The van der Waals surface area contributed by atoms with E-state index in [1.807, 2.05) is 30.3 Å². The Morgan fingerprint density at radius 3 is 2.81 bits per heavy atom. The third-order valence-corrected chi connectivity index (χ3v) is 5.15. The van der Waals surface area contributed by atoms with Crippen molar-refractivity contribution >= 4 is 11.8 Å². The van der Waals surface area contributed by atoms with Crippen LogP contribution in [0.3, 0.4) is 0 Å². The van der Waals surface area contributed by atoms with E-state index in [0.717, 1.165) is 10.5 Å². The van der Waals surface area contributed by atoms with E-state index in [0.29, 0.717) is 5.82 Å². The minimum Gasteiger partial charge on any atom is -0.354 e. The van der Waals surface area contributed by atoms with Crippen LogP contribution >= 0.6 is 0 Å². The van der Waals surface area contributed by atoms with E-state index in [4.69, 9.17) is 4.52 Å². The summed E-state index contributed by atoms with van der Waals surface area (Å²) in [5.74, 6) is -3.23. The lowest BCUT2D eigenvalue weighted by Crippen LogP contribution is -2.39. The summed E-state index contributed by atoms with van der Waals surface area (Å²) in [5.41, 5.74) is 0.845. The molecule has 1 aliphatic rings. The van der Waals surface area contributed by atoms with Gasteiger partial charge in [-0.1, -0.05) is 40.7 Å². The number of nitrogens with zero attached hydrogens (tertiary/aromatic N) is 6. The molecule has 0 aliphatic carbocycles.